The van der Waals surface area contributed by atoms with Gasteiger partial charge in [-0.3, -0.25) is 9.79 Å². The van der Waals surface area contributed by atoms with Gasteiger partial charge in [0.2, 0.25) is 0 Å². The van der Waals surface area contributed by atoms with Gasteiger partial charge in [0.25, 0.3) is 0 Å². The molecular weight excluding hydrogens is 242 g/mol. The van der Waals surface area contributed by atoms with Crippen molar-refractivity contribution < 1.29 is 15.0 Å². The minimum atomic E-state index is -0.670. The van der Waals surface area contributed by atoms with Gasteiger partial charge in [-0.2, -0.15) is 0 Å². The Kier molecular flexibility index (Phi) is 4.55. The molecule has 1 aromatic rings. The summed E-state index contributed by atoms with van der Waals surface area (Å²) in [5, 5.41) is 18.5. The average molecular weight is 261 g/mol. The quantitative estimate of drug-likeness (QED) is 0.819. The molecule has 0 bridgehead atoms. The maximum Gasteiger partial charge on any atom is 0.306 e. The van der Waals surface area contributed by atoms with Gasteiger partial charge in [-0.25, -0.2) is 0 Å². The van der Waals surface area contributed by atoms with E-state index in [1.165, 1.54) is 0 Å². The topological polar surface area (TPSA) is 69.9 Å². The van der Waals surface area contributed by atoms with Crippen molar-refractivity contribution in [1.29, 1.82) is 0 Å². The highest BCUT2D eigenvalue weighted by atomic mass is 16.4. The molecule has 0 unspecified atom stereocenters. The summed E-state index contributed by atoms with van der Waals surface area (Å²) < 4.78 is 0. The first kappa shape index (κ1) is 13.6. The fourth-order valence-electron chi connectivity index (χ4n) is 2.49. The van der Waals surface area contributed by atoms with Gasteiger partial charge in [-0.1, -0.05) is 12.1 Å². The normalized spacial score (nSPS) is 23.6. The number of phenolic OH excluding ortho intramolecular Hbond substituents is 1. The summed E-state index contributed by atoms with van der Waals surface area (Å²) in [7, 11) is 0. The molecule has 1 aliphatic carbocycles. The van der Waals surface area contributed by atoms with Gasteiger partial charge in [-0.05, 0) is 43.7 Å². The Bertz CT molecular complexity index is 462. The fourth-order valence-corrected chi connectivity index (χ4v) is 2.49. The minimum absolute atomic E-state index is 0.168. The molecule has 1 aliphatic rings. The number of rotatable bonds is 4. The Hall–Kier alpha value is -1.84. The summed E-state index contributed by atoms with van der Waals surface area (Å²) in [5.41, 5.74) is 0.724. The summed E-state index contributed by atoms with van der Waals surface area (Å²) in [4.78, 5) is 15.2. The molecule has 0 amide bonds. The zero-order valence-corrected chi connectivity index (χ0v) is 10.8. The third-order valence-electron chi connectivity index (χ3n) is 3.73. The Morgan fingerprint density at radius 2 is 1.95 bits per heavy atom. The number of aliphatic imine (C=N–C) groups is 1. The van der Waals surface area contributed by atoms with Crippen molar-refractivity contribution in [3.63, 3.8) is 0 Å². The number of phenols is 1. The van der Waals surface area contributed by atoms with Gasteiger partial charge in [0.15, 0.2) is 0 Å². The smallest absolute Gasteiger partial charge is 0.306 e. The van der Waals surface area contributed by atoms with Crippen molar-refractivity contribution in [2.75, 3.05) is 6.54 Å². The second kappa shape index (κ2) is 6.36. The van der Waals surface area contributed by atoms with Crippen LogP contribution >= 0.6 is 0 Å². The average Bonchev–Trinajstić information content (AvgIpc) is 2.41. The summed E-state index contributed by atoms with van der Waals surface area (Å²) in [5.74, 6) is -0.131. The first-order chi connectivity index (χ1) is 9.16. The van der Waals surface area contributed by atoms with Gasteiger partial charge < -0.3 is 10.2 Å². The van der Waals surface area contributed by atoms with Crippen LogP contribution in [0.25, 0.3) is 0 Å². The molecule has 1 fully saturated rings. The molecule has 0 spiro atoms. The van der Waals surface area contributed by atoms with Crippen LogP contribution in [0.5, 0.6) is 5.75 Å². The van der Waals surface area contributed by atoms with Crippen LogP contribution in [0.3, 0.4) is 0 Å². The van der Waals surface area contributed by atoms with Crippen molar-refractivity contribution in [2.45, 2.75) is 25.7 Å². The van der Waals surface area contributed by atoms with Crippen LogP contribution in [0.2, 0.25) is 0 Å². The Balaban J connectivity index is 1.81. The molecule has 2 N–H and O–H groups in total. The number of benzene rings is 1. The Morgan fingerprint density at radius 1 is 1.26 bits per heavy atom. The number of carboxylic acids is 1. The van der Waals surface area contributed by atoms with Crippen molar-refractivity contribution in [3.8, 4) is 5.75 Å². The maximum absolute atomic E-state index is 10.8. The van der Waals surface area contributed by atoms with Gasteiger partial charge in [-0.15, -0.1) is 0 Å². The lowest BCUT2D eigenvalue weighted by Gasteiger charge is -2.24. The van der Waals surface area contributed by atoms with E-state index in [1.54, 1.807) is 18.3 Å². The predicted octanol–water partition coefficient (Wildman–Crippen LogP) is 2.70. The van der Waals surface area contributed by atoms with E-state index >= 15 is 0 Å². The van der Waals surface area contributed by atoms with E-state index < -0.39 is 5.97 Å². The number of hydrogen-bond acceptors (Lipinski definition) is 3. The van der Waals surface area contributed by atoms with Gasteiger partial charge in [0.05, 0.1) is 5.92 Å². The highest BCUT2D eigenvalue weighted by Crippen LogP contribution is 2.29. The third kappa shape index (κ3) is 3.81. The van der Waals surface area contributed by atoms with E-state index in [0.717, 1.165) is 31.2 Å². The molecule has 0 aliphatic heterocycles. The first-order valence-electron chi connectivity index (χ1n) is 6.67. The van der Waals surface area contributed by atoms with Crippen LogP contribution in [0.1, 0.15) is 31.2 Å². The number of aromatic hydroxyl groups is 1. The van der Waals surface area contributed by atoms with Crippen molar-refractivity contribution >= 4 is 12.2 Å². The maximum atomic E-state index is 10.8. The molecule has 19 heavy (non-hydrogen) atoms. The molecule has 2 rings (SSSR count). The molecule has 1 saturated carbocycles. The van der Waals surface area contributed by atoms with Crippen LogP contribution < -0.4 is 0 Å². The lowest BCUT2D eigenvalue weighted by Crippen LogP contribution is -2.22. The zero-order valence-electron chi connectivity index (χ0n) is 10.8. The van der Waals surface area contributed by atoms with Crippen molar-refractivity contribution in [2.24, 2.45) is 16.8 Å². The van der Waals surface area contributed by atoms with Crippen LogP contribution in [0.15, 0.2) is 29.3 Å². The van der Waals surface area contributed by atoms with Crippen molar-refractivity contribution in [1.82, 2.24) is 0 Å². The second-order valence-electron chi connectivity index (χ2n) is 5.11. The fraction of sp³-hybridized carbons (Fsp3) is 0.467. The standard InChI is InChI=1S/C15H19NO3/c17-14-4-2-1-3-13(14)10-16-9-11-5-7-12(8-6-11)15(18)19/h1-4,10-12,17H,5-9H2,(H,18,19)/b16-10+. The molecule has 0 aromatic heterocycles. The van der Waals surface area contributed by atoms with Crippen LogP contribution in [0, 0.1) is 11.8 Å². The number of nitrogens with zero attached hydrogens (tertiary/aromatic N) is 1. The number of para-hydroxylation sites is 1. The summed E-state index contributed by atoms with van der Waals surface area (Å²) >= 11 is 0. The zero-order chi connectivity index (χ0) is 13.7. The largest absolute Gasteiger partial charge is 0.507 e. The van der Waals surface area contributed by atoms with E-state index in [-0.39, 0.29) is 11.7 Å². The highest BCUT2D eigenvalue weighted by Gasteiger charge is 2.25. The number of carboxylic acid groups (broad SMARTS) is 1. The van der Waals surface area contributed by atoms with E-state index in [1.807, 2.05) is 12.1 Å². The molecule has 0 heterocycles. The molecule has 0 saturated heterocycles. The van der Waals surface area contributed by atoms with Crippen LogP contribution in [-0.2, 0) is 4.79 Å². The third-order valence-corrected chi connectivity index (χ3v) is 3.73. The van der Waals surface area contributed by atoms with Crippen LogP contribution in [-0.4, -0.2) is 28.9 Å². The summed E-state index contributed by atoms with van der Waals surface area (Å²) in [6, 6.07) is 7.10. The minimum Gasteiger partial charge on any atom is -0.507 e. The molecule has 102 valence electrons. The van der Waals surface area contributed by atoms with Gasteiger partial charge >= 0.3 is 5.97 Å². The summed E-state index contributed by atoms with van der Waals surface area (Å²) in [6.45, 7) is 0.709. The lowest BCUT2D eigenvalue weighted by molar-refractivity contribution is -0.143. The second-order valence-corrected chi connectivity index (χ2v) is 5.11. The predicted molar refractivity (Wildman–Crippen MR) is 73.7 cm³/mol. The number of aliphatic carboxylic acids is 1. The number of carbonyl (C=O) groups is 1. The van der Waals surface area contributed by atoms with E-state index in [0.29, 0.717) is 12.5 Å². The monoisotopic (exact) mass is 261 g/mol. The molecule has 4 nitrogen and oxygen atoms in total. The molecular formula is C15H19NO3. The summed E-state index contributed by atoms with van der Waals surface area (Å²) in [6.07, 6.45) is 5.06. The first-order valence-corrected chi connectivity index (χ1v) is 6.67. The lowest BCUT2D eigenvalue weighted by atomic mass is 9.82. The van der Waals surface area contributed by atoms with E-state index in [9.17, 15) is 9.90 Å². The van der Waals surface area contributed by atoms with Crippen molar-refractivity contribution in [3.05, 3.63) is 29.8 Å². The van der Waals surface area contributed by atoms with E-state index in [2.05, 4.69) is 4.99 Å². The Labute approximate surface area is 112 Å². The van der Waals surface area contributed by atoms with Crippen LogP contribution in [0.4, 0.5) is 0 Å². The molecule has 1 aromatic carbocycles. The molecule has 4 heteroatoms. The highest BCUT2D eigenvalue weighted by molar-refractivity contribution is 5.83. The van der Waals surface area contributed by atoms with Gasteiger partial charge in [0.1, 0.15) is 5.75 Å². The van der Waals surface area contributed by atoms with E-state index in [4.69, 9.17) is 5.11 Å². The van der Waals surface area contributed by atoms with Gasteiger partial charge in [0, 0.05) is 18.3 Å². The molecule has 0 atom stereocenters. The Morgan fingerprint density at radius 3 is 2.58 bits per heavy atom. The molecule has 0 radical (unpaired) electrons. The number of hydrogen-bond donors (Lipinski definition) is 2. The SMILES string of the molecule is O=C(O)C1CCC(C/N=C/c2ccccc2O)CC1.